The number of aromatic nitrogens is 1. The number of nitrogens with one attached hydrogen (secondary N) is 1. The summed E-state index contributed by atoms with van der Waals surface area (Å²) in [5.74, 6) is -0.681. The molecule has 2 aromatic rings. The zero-order valence-corrected chi connectivity index (χ0v) is 17.7. The Morgan fingerprint density at radius 3 is 2.71 bits per heavy atom. The first-order valence-corrected chi connectivity index (χ1v) is 10.3. The number of carboxylic acid groups (broad SMARTS) is 1. The van der Waals surface area contributed by atoms with Crippen molar-refractivity contribution in [1.82, 2.24) is 4.98 Å². The van der Waals surface area contributed by atoms with E-state index in [0.29, 0.717) is 29.9 Å². The number of carbonyl (C=O) groups excluding carboxylic acids is 1. The zero-order valence-electron chi connectivity index (χ0n) is 15.3. The number of methoxy groups -OCH3 is 1. The first kappa shape index (κ1) is 22.4. The van der Waals surface area contributed by atoms with Gasteiger partial charge in [0.25, 0.3) is 5.91 Å². The number of benzene rings is 1. The van der Waals surface area contributed by atoms with Crippen LogP contribution in [0.1, 0.15) is 27.1 Å². The van der Waals surface area contributed by atoms with Crippen LogP contribution in [0.2, 0.25) is 0 Å². The fraction of sp³-hybridized carbons (Fsp3) is 0.316. The first-order chi connectivity index (χ1) is 13.5. The van der Waals surface area contributed by atoms with Crippen LogP contribution in [-0.2, 0) is 9.47 Å². The maximum Gasteiger partial charge on any atom is 0.337 e. The number of amides is 1. The molecule has 2 rings (SSSR count). The van der Waals surface area contributed by atoms with E-state index in [1.165, 1.54) is 18.3 Å². The molecule has 150 valence electrons. The number of carboxylic acids is 1. The molecule has 0 bridgehead atoms. The van der Waals surface area contributed by atoms with Crippen LogP contribution in [0.15, 0.2) is 46.0 Å². The molecule has 0 fully saturated rings. The summed E-state index contributed by atoms with van der Waals surface area (Å²) in [6, 6.07) is 8.08. The third-order valence-electron chi connectivity index (χ3n) is 3.57. The van der Waals surface area contributed by atoms with Gasteiger partial charge in [-0.15, -0.1) is 11.8 Å². The quantitative estimate of drug-likeness (QED) is 0.380. The van der Waals surface area contributed by atoms with E-state index in [-0.39, 0.29) is 11.3 Å². The molecule has 0 saturated heterocycles. The number of pyridine rings is 1. The minimum absolute atomic E-state index is 0.00979. The summed E-state index contributed by atoms with van der Waals surface area (Å²) in [5.41, 5.74) is 0.592. The predicted molar refractivity (Wildman–Crippen MR) is 111 cm³/mol. The van der Waals surface area contributed by atoms with E-state index in [0.717, 1.165) is 17.2 Å². The van der Waals surface area contributed by atoms with Crippen LogP contribution in [0.4, 0.5) is 5.69 Å². The van der Waals surface area contributed by atoms with Crippen LogP contribution >= 0.6 is 27.7 Å². The van der Waals surface area contributed by atoms with Gasteiger partial charge in [-0.25, -0.2) is 9.78 Å². The molecule has 28 heavy (non-hydrogen) atoms. The zero-order chi connectivity index (χ0) is 20.4. The van der Waals surface area contributed by atoms with Crippen molar-refractivity contribution in [3.63, 3.8) is 0 Å². The molecule has 0 spiro atoms. The van der Waals surface area contributed by atoms with E-state index in [9.17, 15) is 14.7 Å². The van der Waals surface area contributed by atoms with Gasteiger partial charge in [-0.3, -0.25) is 4.79 Å². The average Bonchev–Trinajstić information content (AvgIpc) is 2.69. The lowest BCUT2D eigenvalue weighted by Crippen LogP contribution is -2.15. The number of nitrogens with zero attached hydrogens (tertiary/aromatic N) is 1. The van der Waals surface area contributed by atoms with E-state index in [2.05, 4.69) is 26.2 Å². The minimum Gasteiger partial charge on any atom is -0.478 e. The van der Waals surface area contributed by atoms with Gasteiger partial charge >= 0.3 is 5.97 Å². The molecule has 0 radical (unpaired) electrons. The van der Waals surface area contributed by atoms with Crippen molar-refractivity contribution in [1.29, 1.82) is 0 Å². The third-order valence-corrected chi connectivity index (χ3v) is 5.10. The molecular weight excluding hydrogens is 448 g/mol. The minimum atomic E-state index is -1.12. The second kappa shape index (κ2) is 11.8. The second-order valence-electron chi connectivity index (χ2n) is 5.64. The Labute approximate surface area is 176 Å². The smallest absolute Gasteiger partial charge is 0.337 e. The number of halogens is 1. The number of ether oxygens (including phenoxy) is 2. The van der Waals surface area contributed by atoms with E-state index in [1.54, 1.807) is 37.1 Å². The molecular formula is C19H21BrN2O5S. The molecule has 1 aromatic carbocycles. The molecule has 0 saturated carbocycles. The molecule has 0 aliphatic carbocycles. The van der Waals surface area contributed by atoms with Crippen LogP contribution in [0, 0.1) is 0 Å². The summed E-state index contributed by atoms with van der Waals surface area (Å²) in [4.78, 5) is 28.0. The van der Waals surface area contributed by atoms with Crippen molar-refractivity contribution in [2.75, 3.05) is 38.0 Å². The maximum absolute atomic E-state index is 12.4. The van der Waals surface area contributed by atoms with Crippen molar-refractivity contribution in [2.24, 2.45) is 0 Å². The van der Waals surface area contributed by atoms with Crippen molar-refractivity contribution >= 4 is 45.3 Å². The summed E-state index contributed by atoms with van der Waals surface area (Å²) < 4.78 is 10.9. The summed E-state index contributed by atoms with van der Waals surface area (Å²) in [6.07, 6.45) is 2.37. The molecule has 1 heterocycles. The number of carbonyl (C=O) groups is 2. The molecule has 2 N–H and O–H groups in total. The Hall–Kier alpha value is -1.94. The van der Waals surface area contributed by atoms with Crippen molar-refractivity contribution in [3.05, 3.63) is 52.1 Å². The van der Waals surface area contributed by atoms with E-state index in [1.807, 2.05) is 0 Å². The van der Waals surface area contributed by atoms with Crippen LogP contribution in [0.3, 0.4) is 0 Å². The molecule has 0 aliphatic rings. The Balaban J connectivity index is 1.86. The van der Waals surface area contributed by atoms with Crippen LogP contribution in [0.5, 0.6) is 0 Å². The molecule has 0 unspecified atom stereocenters. The van der Waals surface area contributed by atoms with E-state index >= 15 is 0 Å². The number of hydrogen-bond donors (Lipinski definition) is 2. The second-order valence-corrected chi connectivity index (χ2v) is 7.67. The lowest BCUT2D eigenvalue weighted by Gasteiger charge is -2.09. The molecule has 1 amide bonds. The van der Waals surface area contributed by atoms with Gasteiger partial charge < -0.3 is 19.9 Å². The normalized spacial score (nSPS) is 10.6. The number of aromatic carboxylic acids is 1. The third kappa shape index (κ3) is 7.23. The van der Waals surface area contributed by atoms with Crippen molar-refractivity contribution < 1.29 is 24.2 Å². The molecule has 1 aromatic heterocycles. The highest BCUT2D eigenvalue weighted by atomic mass is 79.9. The number of hydrogen-bond acceptors (Lipinski definition) is 6. The van der Waals surface area contributed by atoms with Gasteiger partial charge in [0.1, 0.15) is 0 Å². The standard InChI is InChI=1S/C19H21BrN2O5S/c1-26-8-9-27-7-2-10-28-17-6-3-13(12-21-17)18(23)22-16-5-4-14(20)11-15(16)19(24)25/h3-6,11-12H,2,7-10H2,1H3,(H,22,23)(H,24,25). The van der Waals surface area contributed by atoms with E-state index < -0.39 is 11.9 Å². The monoisotopic (exact) mass is 468 g/mol. The van der Waals surface area contributed by atoms with Gasteiger partial charge in [0, 0.05) is 30.1 Å². The number of anilines is 1. The summed E-state index contributed by atoms with van der Waals surface area (Å²) in [7, 11) is 1.64. The van der Waals surface area contributed by atoms with Crippen molar-refractivity contribution in [2.45, 2.75) is 11.4 Å². The highest BCUT2D eigenvalue weighted by molar-refractivity contribution is 9.10. The summed E-state index contributed by atoms with van der Waals surface area (Å²) in [5, 5.41) is 12.7. The molecule has 7 nitrogen and oxygen atoms in total. The van der Waals surface area contributed by atoms with Gasteiger partial charge in [0.05, 0.1) is 35.1 Å². The summed E-state index contributed by atoms with van der Waals surface area (Å²) >= 11 is 4.80. The Morgan fingerprint density at radius 2 is 2.04 bits per heavy atom. The van der Waals surface area contributed by atoms with Gasteiger partial charge in [-0.2, -0.15) is 0 Å². The van der Waals surface area contributed by atoms with E-state index in [4.69, 9.17) is 9.47 Å². The van der Waals surface area contributed by atoms with Crippen LogP contribution < -0.4 is 5.32 Å². The molecule has 0 aliphatic heterocycles. The highest BCUT2D eigenvalue weighted by Gasteiger charge is 2.14. The Bertz CT molecular complexity index is 801. The van der Waals surface area contributed by atoms with Gasteiger partial charge in [-0.05, 0) is 36.8 Å². The molecule has 0 atom stereocenters. The van der Waals surface area contributed by atoms with Crippen molar-refractivity contribution in [3.8, 4) is 0 Å². The summed E-state index contributed by atoms with van der Waals surface area (Å²) in [6.45, 7) is 1.84. The van der Waals surface area contributed by atoms with Crippen LogP contribution in [0.25, 0.3) is 0 Å². The lowest BCUT2D eigenvalue weighted by atomic mass is 10.1. The van der Waals surface area contributed by atoms with Gasteiger partial charge in [0.2, 0.25) is 0 Å². The fourth-order valence-corrected chi connectivity index (χ4v) is 3.30. The number of thioether (sulfide) groups is 1. The highest BCUT2D eigenvalue weighted by Crippen LogP contribution is 2.22. The average molecular weight is 469 g/mol. The van der Waals surface area contributed by atoms with Gasteiger partial charge in [0.15, 0.2) is 0 Å². The fourth-order valence-electron chi connectivity index (χ4n) is 2.18. The maximum atomic E-state index is 12.4. The topological polar surface area (TPSA) is 97.8 Å². The predicted octanol–water partition coefficient (Wildman–Crippen LogP) is 3.94. The van der Waals surface area contributed by atoms with Gasteiger partial charge in [-0.1, -0.05) is 15.9 Å². The Morgan fingerprint density at radius 1 is 1.21 bits per heavy atom. The largest absolute Gasteiger partial charge is 0.478 e. The molecule has 9 heteroatoms. The SMILES string of the molecule is COCCOCCCSc1ccc(C(=O)Nc2ccc(Br)cc2C(=O)O)cn1. The first-order valence-electron chi connectivity index (χ1n) is 8.51. The van der Waals surface area contributed by atoms with Crippen LogP contribution in [-0.4, -0.2) is 54.7 Å². The number of rotatable bonds is 11. The lowest BCUT2D eigenvalue weighted by molar-refractivity contribution is 0.0698. The Kier molecular flexibility index (Phi) is 9.42.